The second-order valence-electron chi connectivity index (χ2n) is 9.74. The number of hydrogen-bond donors (Lipinski definition) is 0. The van der Waals surface area contributed by atoms with Crippen LogP contribution in [-0.4, -0.2) is 11.8 Å². The fourth-order valence-corrected chi connectivity index (χ4v) is 5.78. The number of ether oxygens (including phenoxy) is 2. The van der Waals surface area contributed by atoms with Crippen LogP contribution in [0.3, 0.4) is 0 Å². The minimum absolute atomic E-state index is 0.178. The Morgan fingerprint density at radius 3 is 1.52 bits per heavy atom. The van der Waals surface area contributed by atoms with Crippen LogP contribution in [0.15, 0.2) is 87.5 Å². The Kier molecular flexibility index (Phi) is 7.91. The van der Waals surface area contributed by atoms with Crippen molar-refractivity contribution >= 4 is 17.1 Å². The SMILES string of the molecule is CC(C)c1cc([S+](c2ccccc2)c2ccccc2)cc(C(C)C)c1OC(=O)OC(C)(C)C. The molecule has 0 fully saturated rings. The van der Waals surface area contributed by atoms with Gasteiger partial charge in [-0.1, -0.05) is 64.1 Å². The molecule has 33 heavy (non-hydrogen) atoms. The van der Waals surface area contributed by atoms with Crippen molar-refractivity contribution in [1.29, 1.82) is 0 Å². The molecule has 3 aromatic carbocycles. The standard InChI is InChI=1S/C29H35O3S/c1-20(2)25-18-24(19-26(21(3)4)27(25)31-28(30)32-29(5,6)7)33(22-14-10-8-11-15-22)23-16-12-9-13-17-23/h8-21H,1-7H3/q+1. The van der Waals surface area contributed by atoms with E-state index in [0.717, 1.165) is 11.1 Å². The van der Waals surface area contributed by atoms with Gasteiger partial charge in [0.2, 0.25) is 0 Å². The second kappa shape index (κ2) is 10.5. The summed E-state index contributed by atoms with van der Waals surface area (Å²) in [5, 5.41) is 0. The van der Waals surface area contributed by atoms with Crippen LogP contribution in [0.2, 0.25) is 0 Å². The zero-order chi connectivity index (χ0) is 24.2. The van der Waals surface area contributed by atoms with Crippen LogP contribution in [0.1, 0.15) is 71.4 Å². The minimum atomic E-state index is -0.663. The normalized spacial score (nSPS) is 11.8. The van der Waals surface area contributed by atoms with E-state index in [1.807, 2.05) is 32.9 Å². The molecule has 0 radical (unpaired) electrons. The molecule has 0 aliphatic heterocycles. The van der Waals surface area contributed by atoms with Gasteiger partial charge in [-0.2, -0.15) is 0 Å². The lowest BCUT2D eigenvalue weighted by molar-refractivity contribution is 0.0201. The summed E-state index contributed by atoms with van der Waals surface area (Å²) >= 11 is 0. The van der Waals surface area contributed by atoms with Gasteiger partial charge in [-0.15, -0.1) is 0 Å². The third-order valence-electron chi connectivity index (χ3n) is 5.13. The van der Waals surface area contributed by atoms with Crippen LogP contribution in [0.4, 0.5) is 4.79 Å². The molecule has 0 bridgehead atoms. The molecule has 0 saturated carbocycles. The number of hydrogen-bond acceptors (Lipinski definition) is 3. The number of carbonyl (C=O) groups excluding carboxylic acids is 1. The fraction of sp³-hybridized carbons (Fsp3) is 0.345. The average molecular weight is 464 g/mol. The van der Waals surface area contributed by atoms with E-state index in [4.69, 9.17) is 9.47 Å². The van der Waals surface area contributed by atoms with E-state index in [1.54, 1.807) is 0 Å². The third kappa shape index (κ3) is 6.42. The van der Waals surface area contributed by atoms with E-state index in [1.165, 1.54) is 14.7 Å². The van der Waals surface area contributed by atoms with Crippen LogP contribution in [-0.2, 0) is 15.6 Å². The smallest absolute Gasteiger partial charge is 0.428 e. The van der Waals surface area contributed by atoms with Gasteiger partial charge in [0.25, 0.3) is 0 Å². The van der Waals surface area contributed by atoms with Crippen molar-refractivity contribution in [1.82, 2.24) is 0 Å². The minimum Gasteiger partial charge on any atom is -0.428 e. The number of rotatable bonds is 6. The maximum absolute atomic E-state index is 12.6. The van der Waals surface area contributed by atoms with Gasteiger partial charge in [0.1, 0.15) is 11.4 Å². The van der Waals surface area contributed by atoms with Crippen molar-refractivity contribution in [2.75, 3.05) is 0 Å². The van der Waals surface area contributed by atoms with Crippen LogP contribution in [0, 0.1) is 0 Å². The summed E-state index contributed by atoms with van der Waals surface area (Å²) in [7, 11) is -0.277. The number of carbonyl (C=O) groups is 1. The molecule has 0 aromatic heterocycles. The van der Waals surface area contributed by atoms with Gasteiger partial charge < -0.3 is 9.47 Å². The zero-order valence-corrected chi connectivity index (χ0v) is 21.5. The first kappa shape index (κ1) is 24.9. The summed E-state index contributed by atoms with van der Waals surface area (Å²) in [4.78, 5) is 16.3. The molecule has 0 aliphatic rings. The lowest BCUT2D eigenvalue weighted by Gasteiger charge is -2.23. The van der Waals surface area contributed by atoms with E-state index in [9.17, 15) is 4.79 Å². The Balaban J connectivity index is 2.18. The molecule has 0 unspecified atom stereocenters. The molecule has 0 heterocycles. The summed E-state index contributed by atoms with van der Waals surface area (Å²) in [5.41, 5.74) is 1.43. The first-order chi connectivity index (χ1) is 15.6. The molecule has 0 saturated heterocycles. The molecule has 0 N–H and O–H groups in total. The zero-order valence-electron chi connectivity index (χ0n) is 20.7. The van der Waals surface area contributed by atoms with Crippen molar-refractivity contribution in [2.45, 2.75) is 80.6 Å². The lowest BCUT2D eigenvalue weighted by atomic mass is 9.94. The van der Waals surface area contributed by atoms with E-state index in [0.29, 0.717) is 5.75 Å². The van der Waals surface area contributed by atoms with Crippen molar-refractivity contribution in [3.63, 3.8) is 0 Å². The Morgan fingerprint density at radius 1 is 0.727 bits per heavy atom. The summed E-state index contributed by atoms with van der Waals surface area (Å²) in [6.45, 7) is 14.1. The van der Waals surface area contributed by atoms with Gasteiger partial charge in [0, 0.05) is 23.3 Å². The predicted molar refractivity (Wildman–Crippen MR) is 137 cm³/mol. The molecular formula is C29H35O3S+. The molecule has 174 valence electrons. The Bertz CT molecular complexity index is 999. The quantitative estimate of drug-likeness (QED) is 0.209. The van der Waals surface area contributed by atoms with Gasteiger partial charge >= 0.3 is 6.16 Å². The predicted octanol–water partition coefficient (Wildman–Crippen LogP) is 8.34. The van der Waals surface area contributed by atoms with Gasteiger partial charge in [0.15, 0.2) is 14.7 Å². The van der Waals surface area contributed by atoms with Crippen LogP contribution >= 0.6 is 0 Å². The Hall–Kier alpha value is -2.72. The van der Waals surface area contributed by atoms with Gasteiger partial charge in [-0.05, 0) is 56.9 Å². The van der Waals surface area contributed by atoms with Gasteiger partial charge in [0.05, 0.1) is 10.9 Å². The Labute approximate surface area is 201 Å². The first-order valence-electron chi connectivity index (χ1n) is 11.5. The third-order valence-corrected chi connectivity index (χ3v) is 7.33. The van der Waals surface area contributed by atoms with Gasteiger partial charge in [-0.3, -0.25) is 0 Å². The average Bonchev–Trinajstić information content (AvgIpc) is 2.74. The van der Waals surface area contributed by atoms with Crippen LogP contribution in [0.25, 0.3) is 0 Å². The highest BCUT2D eigenvalue weighted by molar-refractivity contribution is 7.97. The molecule has 0 spiro atoms. The monoisotopic (exact) mass is 463 g/mol. The van der Waals surface area contributed by atoms with Crippen molar-refractivity contribution in [3.8, 4) is 5.75 Å². The maximum Gasteiger partial charge on any atom is 0.514 e. The summed E-state index contributed by atoms with van der Waals surface area (Å²) in [5.74, 6) is 0.983. The van der Waals surface area contributed by atoms with Crippen molar-refractivity contribution in [2.24, 2.45) is 0 Å². The largest absolute Gasteiger partial charge is 0.514 e. The van der Waals surface area contributed by atoms with Crippen LogP contribution in [0.5, 0.6) is 5.75 Å². The summed E-state index contributed by atoms with van der Waals surface area (Å²) in [6, 6.07) is 25.6. The summed E-state index contributed by atoms with van der Waals surface area (Å²) < 4.78 is 11.3. The van der Waals surface area contributed by atoms with Gasteiger partial charge in [-0.25, -0.2) is 4.79 Å². The molecule has 3 rings (SSSR count). The Morgan fingerprint density at radius 2 is 1.15 bits per heavy atom. The first-order valence-corrected chi connectivity index (χ1v) is 12.7. The second-order valence-corrected chi connectivity index (χ2v) is 11.8. The molecule has 4 heteroatoms. The van der Waals surface area contributed by atoms with Crippen molar-refractivity contribution < 1.29 is 14.3 Å². The van der Waals surface area contributed by atoms with Crippen LogP contribution < -0.4 is 4.74 Å². The molecule has 0 aliphatic carbocycles. The molecule has 0 amide bonds. The van der Waals surface area contributed by atoms with Crippen molar-refractivity contribution in [3.05, 3.63) is 83.9 Å². The van der Waals surface area contributed by atoms with E-state index in [2.05, 4.69) is 88.4 Å². The molecule has 3 nitrogen and oxygen atoms in total. The molecule has 0 atom stereocenters. The molecular weight excluding hydrogens is 428 g/mol. The van der Waals surface area contributed by atoms with E-state index < -0.39 is 11.8 Å². The molecule has 3 aromatic rings. The topological polar surface area (TPSA) is 35.5 Å². The summed E-state index contributed by atoms with van der Waals surface area (Å²) in [6.07, 6.45) is -0.663. The van der Waals surface area contributed by atoms with E-state index in [-0.39, 0.29) is 22.7 Å². The number of benzene rings is 3. The van der Waals surface area contributed by atoms with E-state index >= 15 is 0 Å². The maximum atomic E-state index is 12.6. The highest BCUT2D eigenvalue weighted by Crippen LogP contribution is 2.41. The fourth-order valence-electron chi connectivity index (χ4n) is 3.61. The highest BCUT2D eigenvalue weighted by Gasteiger charge is 2.32. The lowest BCUT2D eigenvalue weighted by Crippen LogP contribution is -2.26. The highest BCUT2D eigenvalue weighted by atomic mass is 32.2.